The second kappa shape index (κ2) is 3.66. The Hall–Kier alpha value is -1.23. The molecule has 1 nitrogen and oxygen atoms in total. The van der Waals surface area contributed by atoms with Crippen molar-refractivity contribution in [2.75, 3.05) is 0 Å². The lowest BCUT2D eigenvalue weighted by Crippen LogP contribution is -2.70. The summed E-state index contributed by atoms with van der Waals surface area (Å²) in [5.41, 5.74) is -7.12. The average molecular weight is 310 g/mol. The van der Waals surface area contributed by atoms with Crippen molar-refractivity contribution in [3.63, 3.8) is 0 Å². The second-order valence-electron chi connectivity index (χ2n) is 3.41. The van der Waals surface area contributed by atoms with Gasteiger partial charge in [0.2, 0.25) is 5.83 Å². The monoisotopic (exact) mass is 310 g/mol. The van der Waals surface area contributed by atoms with Crippen LogP contribution >= 0.6 is 0 Å². The minimum Gasteiger partial charge on any atom is -0.435 e. The zero-order valence-electron chi connectivity index (χ0n) is 8.14. The highest BCUT2D eigenvalue weighted by molar-refractivity contribution is 5.21. The van der Waals surface area contributed by atoms with Crippen molar-refractivity contribution >= 4 is 0 Å². The van der Waals surface area contributed by atoms with E-state index in [2.05, 4.69) is 4.74 Å². The quantitative estimate of drug-likeness (QED) is 0.615. The van der Waals surface area contributed by atoms with Crippen LogP contribution in [0.4, 0.5) is 48.3 Å². The Morgan fingerprint density at radius 2 is 1.32 bits per heavy atom. The molecular weight excluding hydrogens is 309 g/mol. The van der Waals surface area contributed by atoms with Crippen molar-refractivity contribution in [3.8, 4) is 0 Å². The van der Waals surface area contributed by atoms with Gasteiger partial charge in [0.15, 0.2) is 0 Å². The van der Waals surface area contributed by atoms with Gasteiger partial charge in [0.05, 0.1) is 0 Å². The second-order valence-corrected chi connectivity index (χ2v) is 3.41. The van der Waals surface area contributed by atoms with Gasteiger partial charge in [-0.05, 0) is 0 Å². The lowest BCUT2D eigenvalue weighted by molar-refractivity contribution is -0.434. The molecule has 1 atom stereocenters. The van der Waals surface area contributed by atoms with Crippen molar-refractivity contribution in [1.82, 2.24) is 0 Å². The van der Waals surface area contributed by atoms with Crippen molar-refractivity contribution < 1.29 is 53.0 Å². The first kappa shape index (κ1) is 15.8. The summed E-state index contributed by atoms with van der Waals surface area (Å²) in [6, 6.07) is 0. The van der Waals surface area contributed by atoms with E-state index in [1.54, 1.807) is 0 Å². The first-order valence-corrected chi connectivity index (χ1v) is 4.06. The number of allylic oxidation sites excluding steroid dienone is 1. The molecule has 1 aliphatic heterocycles. The van der Waals surface area contributed by atoms with Crippen molar-refractivity contribution in [2.45, 2.75) is 29.8 Å². The van der Waals surface area contributed by atoms with Crippen molar-refractivity contribution in [1.29, 1.82) is 0 Å². The summed E-state index contributed by atoms with van der Waals surface area (Å²) in [5, 5.41) is 0. The summed E-state index contributed by atoms with van der Waals surface area (Å²) in [7, 11) is 0. The maximum Gasteiger partial charge on any atom is 0.448 e. The van der Waals surface area contributed by atoms with Gasteiger partial charge in [-0.3, -0.25) is 0 Å². The van der Waals surface area contributed by atoms with Gasteiger partial charge < -0.3 is 4.74 Å². The van der Waals surface area contributed by atoms with E-state index in [0.29, 0.717) is 0 Å². The molecule has 1 aliphatic rings. The normalized spacial score (nSPS) is 33.1. The van der Waals surface area contributed by atoms with Gasteiger partial charge in [-0.15, -0.1) is 0 Å². The molecule has 0 fully saturated rings. The molecule has 0 aromatic heterocycles. The third kappa shape index (κ3) is 1.67. The summed E-state index contributed by atoms with van der Waals surface area (Å²) >= 11 is 0. The van der Waals surface area contributed by atoms with E-state index >= 15 is 0 Å². The Bertz CT molecular complexity index is 408. The SMILES string of the molecule is FC1=COC(F)(F)C(F)(C(F)(F)F)C(F)(F)C1(F)F. The molecule has 0 saturated heterocycles. The summed E-state index contributed by atoms with van der Waals surface area (Å²) in [4.78, 5) is 0. The first-order valence-electron chi connectivity index (χ1n) is 4.06. The zero-order chi connectivity index (χ0) is 15.5. The number of rotatable bonds is 0. The van der Waals surface area contributed by atoms with Crippen LogP contribution in [0.5, 0.6) is 0 Å². The molecule has 0 N–H and O–H groups in total. The summed E-state index contributed by atoms with van der Waals surface area (Å²) < 4.78 is 141. The van der Waals surface area contributed by atoms with Gasteiger partial charge >= 0.3 is 29.8 Å². The predicted molar refractivity (Wildman–Crippen MR) is 35.0 cm³/mol. The summed E-state index contributed by atoms with van der Waals surface area (Å²) in [6.07, 6.45) is -15.0. The smallest absolute Gasteiger partial charge is 0.435 e. The van der Waals surface area contributed by atoms with Gasteiger partial charge in [-0.2, -0.15) is 39.5 Å². The molecular formula is C7HF11O. The van der Waals surface area contributed by atoms with Crippen LogP contribution in [-0.4, -0.2) is 29.8 Å². The number of alkyl halides is 10. The van der Waals surface area contributed by atoms with Crippen LogP contribution in [0.1, 0.15) is 0 Å². The number of hydrogen-bond donors (Lipinski definition) is 0. The highest BCUT2D eigenvalue weighted by Gasteiger charge is 2.92. The molecule has 0 aromatic carbocycles. The van der Waals surface area contributed by atoms with E-state index in [-0.39, 0.29) is 0 Å². The molecule has 0 saturated carbocycles. The Morgan fingerprint density at radius 3 is 1.68 bits per heavy atom. The lowest BCUT2D eigenvalue weighted by Gasteiger charge is -2.38. The Labute approximate surface area is 96.2 Å². The summed E-state index contributed by atoms with van der Waals surface area (Å²) in [5.74, 6) is -17.1. The highest BCUT2D eigenvalue weighted by atomic mass is 19.4. The van der Waals surface area contributed by atoms with E-state index in [0.717, 1.165) is 0 Å². The fourth-order valence-electron chi connectivity index (χ4n) is 1.17. The van der Waals surface area contributed by atoms with E-state index < -0.39 is 41.9 Å². The molecule has 1 unspecified atom stereocenters. The first-order chi connectivity index (χ1) is 8.13. The fourth-order valence-corrected chi connectivity index (χ4v) is 1.17. The molecule has 0 spiro atoms. The van der Waals surface area contributed by atoms with Crippen molar-refractivity contribution in [2.24, 2.45) is 0 Å². The maximum absolute atomic E-state index is 13.1. The van der Waals surface area contributed by atoms with E-state index in [1.807, 2.05) is 0 Å². The minimum absolute atomic E-state index is 1.39. The van der Waals surface area contributed by atoms with E-state index in [4.69, 9.17) is 0 Å². The molecule has 0 radical (unpaired) electrons. The van der Waals surface area contributed by atoms with E-state index in [1.165, 1.54) is 0 Å². The summed E-state index contributed by atoms with van der Waals surface area (Å²) in [6.45, 7) is 0. The van der Waals surface area contributed by atoms with Gasteiger partial charge in [-0.1, -0.05) is 0 Å². The van der Waals surface area contributed by atoms with Crippen LogP contribution in [0.25, 0.3) is 0 Å². The van der Waals surface area contributed by atoms with Crippen LogP contribution < -0.4 is 0 Å². The van der Waals surface area contributed by atoms with Gasteiger partial charge in [0.25, 0.3) is 0 Å². The Balaban J connectivity index is 3.68. The fraction of sp³-hybridized carbons (Fsp3) is 0.714. The van der Waals surface area contributed by atoms with Crippen LogP contribution in [0.15, 0.2) is 12.1 Å². The molecule has 0 amide bonds. The van der Waals surface area contributed by atoms with Gasteiger partial charge in [0.1, 0.15) is 6.26 Å². The highest BCUT2D eigenvalue weighted by Crippen LogP contribution is 2.61. The molecule has 1 rings (SSSR count). The predicted octanol–water partition coefficient (Wildman–Crippen LogP) is 3.96. The molecule has 112 valence electrons. The average Bonchev–Trinajstić information content (AvgIpc) is 2.23. The Morgan fingerprint density at radius 1 is 0.895 bits per heavy atom. The molecule has 19 heavy (non-hydrogen) atoms. The number of halogens is 11. The third-order valence-corrected chi connectivity index (χ3v) is 2.23. The van der Waals surface area contributed by atoms with Crippen LogP contribution in [0.2, 0.25) is 0 Å². The molecule has 1 heterocycles. The minimum atomic E-state index is -7.16. The Kier molecular flexibility index (Phi) is 3.05. The molecule has 0 bridgehead atoms. The van der Waals surface area contributed by atoms with Gasteiger partial charge in [0, 0.05) is 0 Å². The van der Waals surface area contributed by atoms with Crippen LogP contribution in [-0.2, 0) is 4.74 Å². The van der Waals surface area contributed by atoms with Gasteiger partial charge in [-0.25, -0.2) is 8.78 Å². The standard InChI is InChI=1S/C7HF11O/c8-2-1-19-7(17,18)4(11,6(14,15)16)5(12,13)3(2,9)10/h1H. The number of ether oxygens (including phenoxy) is 1. The number of hydrogen-bond acceptors (Lipinski definition) is 1. The molecule has 0 aromatic rings. The van der Waals surface area contributed by atoms with E-state index in [9.17, 15) is 48.3 Å². The maximum atomic E-state index is 13.1. The zero-order valence-corrected chi connectivity index (χ0v) is 8.14. The van der Waals surface area contributed by atoms with Crippen LogP contribution in [0.3, 0.4) is 0 Å². The van der Waals surface area contributed by atoms with Crippen LogP contribution in [0, 0.1) is 0 Å². The molecule has 0 aliphatic carbocycles. The topological polar surface area (TPSA) is 9.23 Å². The third-order valence-electron chi connectivity index (χ3n) is 2.23. The van der Waals surface area contributed by atoms with Crippen molar-refractivity contribution in [3.05, 3.63) is 12.1 Å². The largest absolute Gasteiger partial charge is 0.448 e. The lowest BCUT2D eigenvalue weighted by atomic mass is 9.90. The molecule has 12 heteroatoms.